The van der Waals surface area contributed by atoms with E-state index < -0.39 is 15.9 Å². The number of sulfonamides is 1. The van der Waals surface area contributed by atoms with Crippen LogP contribution < -0.4 is 4.72 Å². The molecule has 0 radical (unpaired) electrons. The van der Waals surface area contributed by atoms with Crippen molar-refractivity contribution in [3.8, 4) is 0 Å². The second kappa shape index (κ2) is 7.83. The number of amides is 1. The Morgan fingerprint density at radius 1 is 0.960 bits per heavy atom. The van der Waals surface area contributed by atoms with Crippen LogP contribution in [0.5, 0.6) is 0 Å². The number of hydrogen-bond acceptors (Lipinski definition) is 3. The highest BCUT2D eigenvalue weighted by Gasteiger charge is 2.23. The van der Waals surface area contributed by atoms with Crippen LogP contribution in [0.4, 0.5) is 0 Å². The van der Waals surface area contributed by atoms with Gasteiger partial charge in [0.15, 0.2) is 0 Å². The molecule has 0 fully saturated rings. The molecule has 5 heteroatoms. The predicted molar refractivity (Wildman–Crippen MR) is 100 cm³/mol. The molecular formula is C20H25NO3S. The molecule has 1 N–H and O–H groups in total. The third-order valence-corrected chi connectivity index (χ3v) is 6.17. The van der Waals surface area contributed by atoms with Crippen LogP contribution in [0.15, 0.2) is 41.3 Å². The summed E-state index contributed by atoms with van der Waals surface area (Å²) in [6.45, 7) is 7.30. The highest BCUT2D eigenvalue weighted by atomic mass is 32.2. The molecule has 0 aromatic heterocycles. The van der Waals surface area contributed by atoms with E-state index in [4.69, 9.17) is 0 Å². The standard InChI is InChI=1S/C20H25NO3S/c1-14-13-15(2)17(4)20(16(14)3)25(23,24)21-19(22)12-8-11-18-9-6-5-7-10-18/h5-7,9-10,13H,8,11-12H2,1-4H3,(H,21,22). The van der Waals surface area contributed by atoms with Crippen LogP contribution in [0.2, 0.25) is 0 Å². The lowest BCUT2D eigenvalue weighted by molar-refractivity contribution is -0.119. The van der Waals surface area contributed by atoms with Crippen molar-refractivity contribution in [2.45, 2.75) is 51.9 Å². The Hall–Kier alpha value is -2.14. The molecule has 134 valence electrons. The molecule has 0 heterocycles. The molecule has 2 aromatic carbocycles. The topological polar surface area (TPSA) is 63.2 Å². The highest BCUT2D eigenvalue weighted by molar-refractivity contribution is 7.90. The lowest BCUT2D eigenvalue weighted by Crippen LogP contribution is -2.31. The minimum absolute atomic E-state index is 0.178. The van der Waals surface area contributed by atoms with E-state index in [2.05, 4.69) is 4.72 Å². The second-order valence-electron chi connectivity index (χ2n) is 6.46. The molecule has 0 atom stereocenters. The Balaban J connectivity index is 2.07. The number of rotatable bonds is 6. The number of benzene rings is 2. The van der Waals surface area contributed by atoms with Crippen molar-refractivity contribution in [1.82, 2.24) is 4.72 Å². The van der Waals surface area contributed by atoms with E-state index in [1.807, 2.05) is 50.2 Å². The highest BCUT2D eigenvalue weighted by Crippen LogP contribution is 2.25. The molecule has 0 spiro atoms. The van der Waals surface area contributed by atoms with E-state index in [-0.39, 0.29) is 11.3 Å². The second-order valence-corrected chi connectivity index (χ2v) is 8.08. The molecule has 0 unspecified atom stereocenters. The van der Waals surface area contributed by atoms with Crippen molar-refractivity contribution in [1.29, 1.82) is 0 Å². The van der Waals surface area contributed by atoms with Crippen molar-refractivity contribution in [3.63, 3.8) is 0 Å². The van der Waals surface area contributed by atoms with Gasteiger partial charge in [-0.15, -0.1) is 0 Å². The van der Waals surface area contributed by atoms with Gasteiger partial charge >= 0.3 is 0 Å². The van der Waals surface area contributed by atoms with Gasteiger partial charge in [-0.1, -0.05) is 36.4 Å². The van der Waals surface area contributed by atoms with Crippen LogP contribution in [0.3, 0.4) is 0 Å². The molecular weight excluding hydrogens is 334 g/mol. The Kier molecular flexibility index (Phi) is 6.01. The summed E-state index contributed by atoms with van der Waals surface area (Å²) in [7, 11) is -3.86. The lowest BCUT2D eigenvalue weighted by atomic mass is 10.0. The van der Waals surface area contributed by atoms with Crippen LogP contribution in [0.1, 0.15) is 40.7 Å². The molecule has 1 amide bonds. The summed E-state index contributed by atoms with van der Waals surface area (Å²) in [5, 5.41) is 0. The smallest absolute Gasteiger partial charge is 0.264 e. The van der Waals surface area contributed by atoms with Gasteiger partial charge in [-0.3, -0.25) is 4.79 Å². The molecule has 0 aliphatic rings. The molecule has 0 bridgehead atoms. The average Bonchev–Trinajstić information content (AvgIpc) is 2.53. The summed E-state index contributed by atoms with van der Waals surface area (Å²) in [6.07, 6.45) is 1.53. The monoisotopic (exact) mass is 359 g/mol. The van der Waals surface area contributed by atoms with Crippen LogP contribution in [0, 0.1) is 27.7 Å². The van der Waals surface area contributed by atoms with Crippen LogP contribution in [0.25, 0.3) is 0 Å². The van der Waals surface area contributed by atoms with E-state index in [0.717, 1.165) is 23.1 Å². The molecule has 2 aromatic rings. The SMILES string of the molecule is Cc1cc(C)c(C)c(S(=O)(=O)NC(=O)CCCc2ccccc2)c1C. The van der Waals surface area contributed by atoms with Gasteiger partial charge in [0, 0.05) is 6.42 Å². The molecule has 25 heavy (non-hydrogen) atoms. The van der Waals surface area contributed by atoms with E-state index >= 15 is 0 Å². The van der Waals surface area contributed by atoms with Gasteiger partial charge in [0.2, 0.25) is 5.91 Å². The predicted octanol–water partition coefficient (Wildman–Crippen LogP) is 3.75. The maximum Gasteiger partial charge on any atom is 0.264 e. The number of aryl methyl sites for hydroxylation is 3. The van der Waals surface area contributed by atoms with Gasteiger partial charge in [0.1, 0.15) is 0 Å². The van der Waals surface area contributed by atoms with E-state index in [1.165, 1.54) is 0 Å². The van der Waals surface area contributed by atoms with Crippen molar-refractivity contribution in [3.05, 3.63) is 64.2 Å². The maximum absolute atomic E-state index is 12.7. The summed E-state index contributed by atoms with van der Waals surface area (Å²) in [5.41, 5.74) is 4.32. The quantitative estimate of drug-likeness (QED) is 0.854. The van der Waals surface area contributed by atoms with Gasteiger partial charge in [0.05, 0.1) is 4.90 Å². The summed E-state index contributed by atoms with van der Waals surface area (Å²) in [4.78, 5) is 12.3. The molecule has 0 aliphatic carbocycles. The number of hydrogen-bond donors (Lipinski definition) is 1. The first kappa shape index (κ1) is 19.2. The fraction of sp³-hybridized carbons (Fsp3) is 0.350. The van der Waals surface area contributed by atoms with Crippen molar-refractivity contribution < 1.29 is 13.2 Å². The maximum atomic E-state index is 12.7. The summed E-state index contributed by atoms with van der Waals surface area (Å²) >= 11 is 0. The number of nitrogens with one attached hydrogen (secondary N) is 1. The summed E-state index contributed by atoms with van der Waals surface area (Å²) in [5.74, 6) is -0.464. The van der Waals surface area contributed by atoms with Crippen molar-refractivity contribution in [2.24, 2.45) is 0 Å². The van der Waals surface area contributed by atoms with Gasteiger partial charge in [-0.25, -0.2) is 13.1 Å². The summed E-state index contributed by atoms with van der Waals surface area (Å²) in [6, 6.07) is 11.8. The van der Waals surface area contributed by atoms with Crippen LogP contribution in [-0.4, -0.2) is 14.3 Å². The largest absolute Gasteiger partial charge is 0.274 e. The summed E-state index contributed by atoms with van der Waals surface area (Å²) < 4.78 is 27.6. The van der Waals surface area contributed by atoms with Crippen molar-refractivity contribution in [2.75, 3.05) is 0 Å². The Morgan fingerprint density at radius 2 is 1.52 bits per heavy atom. The minimum Gasteiger partial charge on any atom is -0.274 e. The zero-order valence-electron chi connectivity index (χ0n) is 15.2. The van der Waals surface area contributed by atoms with E-state index in [9.17, 15) is 13.2 Å². The number of carbonyl (C=O) groups excluding carboxylic acids is 1. The Bertz CT molecular complexity index is 845. The first-order valence-electron chi connectivity index (χ1n) is 8.39. The van der Waals surface area contributed by atoms with E-state index in [1.54, 1.807) is 13.8 Å². The van der Waals surface area contributed by atoms with Gasteiger partial charge in [0.25, 0.3) is 10.0 Å². The fourth-order valence-corrected chi connectivity index (χ4v) is 4.57. The Morgan fingerprint density at radius 3 is 2.08 bits per heavy atom. The third kappa shape index (κ3) is 4.69. The van der Waals surface area contributed by atoms with Gasteiger partial charge in [-0.05, 0) is 68.4 Å². The van der Waals surface area contributed by atoms with E-state index in [0.29, 0.717) is 17.5 Å². The molecule has 4 nitrogen and oxygen atoms in total. The normalized spacial score (nSPS) is 11.4. The first-order chi connectivity index (χ1) is 11.7. The molecule has 0 saturated carbocycles. The first-order valence-corrected chi connectivity index (χ1v) is 9.87. The van der Waals surface area contributed by atoms with Gasteiger partial charge in [-0.2, -0.15) is 0 Å². The molecule has 0 saturated heterocycles. The average molecular weight is 359 g/mol. The molecule has 2 rings (SSSR count). The van der Waals surface area contributed by atoms with Crippen molar-refractivity contribution >= 4 is 15.9 Å². The van der Waals surface area contributed by atoms with Gasteiger partial charge < -0.3 is 0 Å². The van der Waals surface area contributed by atoms with Crippen LogP contribution in [-0.2, 0) is 21.2 Å². The Labute approximate surface area is 150 Å². The fourth-order valence-electron chi connectivity index (χ4n) is 2.93. The van der Waals surface area contributed by atoms with Crippen LogP contribution >= 0.6 is 0 Å². The molecule has 0 aliphatic heterocycles. The zero-order chi connectivity index (χ0) is 18.6. The zero-order valence-corrected chi connectivity index (χ0v) is 16.0. The lowest BCUT2D eigenvalue weighted by Gasteiger charge is -2.16. The minimum atomic E-state index is -3.86. The number of carbonyl (C=O) groups is 1. The third-order valence-electron chi connectivity index (χ3n) is 4.53.